The maximum atomic E-state index is 12.7. The second-order valence-electron chi connectivity index (χ2n) is 6.95. The van der Waals surface area contributed by atoms with Gasteiger partial charge in [-0.05, 0) is 12.6 Å². The van der Waals surface area contributed by atoms with Crippen LogP contribution >= 0.6 is 0 Å². The van der Waals surface area contributed by atoms with Crippen LogP contribution in [0.1, 0.15) is 5.56 Å². The van der Waals surface area contributed by atoms with Gasteiger partial charge in [-0.15, -0.1) is 0 Å². The number of benzene rings is 1. The van der Waals surface area contributed by atoms with Crippen molar-refractivity contribution in [2.45, 2.75) is 18.8 Å². The van der Waals surface area contributed by atoms with Crippen molar-refractivity contribution in [2.24, 2.45) is 10.7 Å². The number of nitrogens with two attached hydrogens (primary N) is 1. The fraction of sp³-hybridized carbons (Fsp3) is 0.444. The van der Waals surface area contributed by atoms with E-state index in [4.69, 9.17) is 5.73 Å². The quantitative estimate of drug-likeness (QED) is 0.728. The number of rotatable bonds is 6. The largest absolute Gasteiger partial charge is 0.368 e. The van der Waals surface area contributed by atoms with Crippen LogP contribution in [-0.2, 0) is 16.1 Å². The lowest BCUT2D eigenvalue weighted by molar-refractivity contribution is -0.136. The fourth-order valence-electron chi connectivity index (χ4n) is 3.50. The molecule has 0 saturated carbocycles. The molecule has 0 radical (unpaired) electrons. The molecule has 4 amide bonds. The second kappa shape index (κ2) is 7.36. The van der Waals surface area contributed by atoms with Gasteiger partial charge < -0.3 is 15.5 Å². The average molecular weight is 372 g/mol. The zero-order chi connectivity index (χ0) is 19.7. The Kier molecular flexibility index (Phi) is 5.13. The van der Waals surface area contributed by atoms with Crippen molar-refractivity contribution in [3.63, 3.8) is 0 Å². The van der Waals surface area contributed by atoms with Crippen molar-refractivity contribution < 1.29 is 14.4 Å². The molecule has 1 fully saturated rings. The first kappa shape index (κ1) is 18.8. The Hall–Kier alpha value is -2.94. The number of primary amides is 1. The number of hydrogen-bond acceptors (Lipinski definition) is 6. The number of fused-ring (bicyclic) bond motifs is 1. The predicted molar refractivity (Wildman–Crippen MR) is 99.6 cm³/mol. The van der Waals surface area contributed by atoms with Crippen molar-refractivity contribution in [3.8, 4) is 0 Å². The van der Waals surface area contributed by atoms with Gasteiger partial charge in [0.15, 0.2) is 12.2 Å². The predicted octanol–water partition coefficient (Wildman–Crippen LogP) is -0.464. The standard InChI is InChI=1S/C18H24N6O3/c1-21(9-12-7-5-4-6-8-12)11-14-20-16-15(24(14)10-13(19)25)17(26)23(3)18(27)22(16)2/h4-8,15-16H,9-11H2,1-3H3,(H2,19,25). The van der Waals surface area contributed by atoms with Gasteiger partial charge in [-0.3, -0.25) is 19.4 Å². The van der Waals surface area contributed by atoms with E-state index in [0.29, 0.717) is 18.9 Å². The van der Waals surface area contributed by atoms with Crippen LogP contribution in [0.5, 0.6) is 0 Å². The number of hydrogen-bond donors (Lipinski definition) is 1. The van der Waals surface area contributed by atoms with E-state index in [9.17, 15) is 14.4 Å². The normalized spacial score (nSPS) is 22.4. The Bertz CT molecular complexity index is 781. The number of carbonyl (C=O) groups excluding carboxylic acids is 3. The Morgan fingerprint density at radius 3 is 2.48 bits per heavy atom. The van der Waals surface area contributed by atoms with Crippen LogP contribution in [0, 0.1) is 0 Å². The van der Waals surface area contributed by atoms with E-state index in [1.807, 2.05) is 42.3 Å². The molecule has 1 aromatic carbocycles. The molecule has 2 unspecified atom stereocenters. The maximum absolute atomic E-state index is 12.7. The van der Waals surface area contributed by atoms with Crippen LogP contribution in [-0.4, -0.2) is 89.7 Å². The number of aliphatic imine (C=N–C) groups is 1. The number of urea groups is 1. The van der Waals surface area contributed by atoms with E-state index < -0.39 is 24.1 Å². The molecule has 144 valence electrons. The number of carbonyl (C=O) groups is 3. The zero-order valence-corrected chi connectivity index (χ0v) is 15.7. The minimum absolute atomic E-state index is 0.124. The monoisotopic (exact) mass is 372 g/mol. The lowest BCUT2D eigenvalue weighted by Gasteiger charge is -2.39. The highest BCUT2D eigenvalue weighted by Gasteiger charge is 2.51. The molecule has 9 heteroatoms. The Morgan fingerprint density at radius 1 is 1.19 bits per heavy atom. The van der Waals surface area contributed by atoms with Gasteiger partial charge in [-0.1, -0.05) is 30.3 Å². The van der Waals surface area contributed by atoms with Gasteiger partial charge in [0.25, 0.3) is 5.91 Å². The topological polar surface area (TPSA) is 103 Å². The first-order chi connectivity index (χ1) is 12.8. The van der Waals surface area contributed by atoms with E-state index in [0.717, 1.165) is 10.5 Å². The summed E-state index contributed by atoms with van der Waals surface area (Å²) in [6.45, 7) is 0.983. The van der Waals surface area contributed by atoms with Crippen LogP contribution in [0.4, 0.5) is 4.79 Å². The minimum atomic E-state index is -0.731. The van der Waals surface area contributed by atoms with Crippen LogP contribution in [0.25, 0.3) is 0 Å². The van der Waals surface area contributed by atoms with Crippen molar-refractivity contribution in [2.75, 3.05) is 34.2 Å². The van der Waals surface area contributed by atoms with Gasteiger partial charge in [0.2, 0.25) is 5.91 Å². The molecule has 2 heterocycles. The molecule has 2 atom stereocenters. The molecule has 0 bridgehead atoms. The third-order valence-electron chi connectivity index (χ3n) is 4.83. The smallest absolute Gasteiger partial charge is 0.328 e. The second-order valence-corrected chi connectivity index (χ2v) is 6.95. The molecule has 0 aliphatic carbocycles. The van der Waals surface area contributed by atoms with Gasteiger partial charge in [0.1, 0.15) is 5.84 Å². The Morgan fingerprint density at radius 2 is 1.85 bits per heavy atom. The first-order valence-electron chi connectivity index (χ1n) is 8.68. The van der Waals surface area contributed by atoms with Gasteiger partial charge in [0.05, 0.1) is 13.1 Å². The Labute approximate surface area is 158 Å². The van der Waals surface area contributed by atoms with E-state index in [1.54, 1.807) is 11.9 Å². The van der Waals surface area contributed by atoms with Crippen molar-refractivity contribution in [1.82, 2.24) is 19.6 Å². The SMILES string of the molecule is CN(CC1=NC2C(C(=O)N(C)C(=O)N2C)N1CC(N)=O)Cc1ccccc1. The van der Waals surface area contributed by atoms with E-state index >= 15 is 0 Å². The number of nitrogens with zero attached hydrogens (tertiary/aromatic N) is 5. The van der Waals surface area contributed by atoms with Crippen molar-refractivity contribution in [3.05, 3.63) is 35.9 Å². The van der Waals surface area contributed by atoms with Crippen LogP contribution in [0.3, 0.4) is 0 Å². The summed E-state index contributed by atoms with van der Waals surface area (Å²) in [5, 5.41) is 0. The summed E-state index contributed by atoms with van der Waals surface area (Å²) >= 11 is 0. The van der Waals surface area contributed by atoms with Crippen LogP contribution in [0.15, 0.2) is 35.3 Å². The molecule has 0 aromatic heterocycles. The molecule has 1 saturated heterocycles. The summed E-state index contributed by atoms with van der Waals surface area (Å²) in [4.78, 5) is 47.2. The summed E-state index contributed by atoms with van der Waals surface area (Å²) in [5.74, 6) is -0.358. The molecule has 2 aliphatic rings. The lowest BCUT2D eigenvalue weighted by atomic mass is 10.1. The average Bonchev–Trinajstić information content (AvgIpc) is 2.96. The van der Waals surface area contributed by atoms with E-state index in [2.05, 4.69) is 4.99 Å². The van der Waals surface area contributed by atoms with Crippen LogP contribution in [0.2, 0.25) is 0 Å². The number of likely N-dealkylation sites (N-methyl/N-ethyl adjacent to an activating group) is 3. The number of amidine groups is 1. The zero-order valence-electron chi connectivity index (χ0n) is 15.7. The summed E-state index contributed by atoms with van der Waals surface area (Å²) in [6, 6.07) is 8.81. The van der Waals surface area contributed by atoms with Crippen LogP contribution < -0.4 is 5.73 Å². The highest BCUT2D eigenvalue weighted by molar-refractivity contribution is 6.04. The van der Waals surface area contributed by atoms with E-state index in [1.165, 1.54) is 11.9 Å². The molecular weight excluding hydrogens is 348 g/mol. The number of amides is 4. The van der Waals surface area contributed by atoms with Gasteiger partial charge in [-0.25, -0.2) is 9.79 Å². The molecular formula is C18H24N6O3. The molecule has 2 N–H and O–H groups in total. The molecule has 3 rings (SSSR count). The number of imide groups is 1. The van der Waals surface area contributed by atoms with Gasteiger partial charge >= 0.3 is 6.03 Å². The third-order valence-corrected chi connectivity index (χ3v) is 4.83. The van der Waals surface area contributed by atoms with Crippen molar-refractivity contribution in [1.29, 1.82) is 0 Å². The highest BCUT2D eigenvalue weighted by atomic mass is 16.2. The van der Waals surface area contributed by atoms with Crippen molar-refractivity contribution >= 4 is 23.7 Å². The van der Waals surface area contributed by atoms with Gasteiger partial charge in [-0.2, -0.15) is 0 Å². The van der Waals surface area contributed by atoms with Gasteiger partial charge in [0, 0.05) is 20.6 Å². The van der Waals surface area contributed by atoms with E-state index in [-0.39, 0.29) is 12.5 Å². The summed E-state index contributed by atoms with van der Waals surface area (Å²) in [7, 11) is 4.97. The molecule has 2 aliphatic heterocycles. The summed E-state index contributed by atoms with van der Waals surface area (Å²) in [5.41, 5.74) is 6.54. The maximum Gasteiger partial charge on any atom is 0.328 e. The first-order valence-corrected chi connectivity index (χ1v) is 8.68. The Balaban J connectivity index is 1.82. The fourth-order valence-corrected chi connectivity index (χ4v) is 3.50. The molecule has 0 spiro atoms. The minimum Gasteiger partial charge on any atom is -0.368 e. The third kappa shape index (κ3) is 3.63. The summed E-state index contributed by atoms with van der Waals surface area (Å²) < 4.78 is 0. The molecule has 27 heavy (non-hydrogen) atoms. The lowest BCUT2D eigenvalue weighted by Crippen LogP contribution is -2.64. The molecule has 1 aromatic rings. The molecule has 9 nitrogen and oxygen atoms in total. The summed E-state index contributed by atoms with van der Waals surface area (Å²) in [6.07, 6.45) is -0.652. The highest BCUT2D eigenvalue weighted by Crippen LogP contribution is 2.27.